The van der Waals surface area contributed by atoms with Crippen molar-refractivity contribution in [1.82, 2.24) is 9.88 Å². The van der Waals surface area contributed by atoms with Crippen LogP contribution >= 0.6 is 11.3 Å². The fraction of sp³-hybridized carbons (Fsp3) is 0.333. The van der Waals surface area contributed by atoms with Crippen LogP contribution < -0.4 is 10.2 Å². The molecule has 0 aliphatic carbocycles. The van der Waals surface area contributed by atoms with E-state index < -0.39 is 0 Å². The smallest absolute Gasteiger partial charge is 0.230 e. The first kappa shape index (κ1) is 20.6. The Kier molecular flexibility index (Phi) is 6.16. The maximum Gasteiger partial charge on any atom is 0.230 e. The molecule has 1 saturated heterocycles. The van der Waals surface area contributed by atoms with Crippen LogP contribution in [0.15, 0.2) is 47.8 Å². The van der Waals surface area contributed by atoms with Gasteiger partial charge in [0.1, 0.15) is 5.01 Å². The van der Waals surface area contributed by atoms with Crippen molar-refractivity contribution in [2.24, 2.45) is 0 Å². The van der Waals surface area contributed by atoms with Crippen molar-refractivity contribution < 1.29 is 4.79 Å². The SMILES string of the molecule is Cc1ccc(-c2nc(CC(=O)Nc3ccc(N4CCN(C)CC4)c(C)c3)cs2)cc1. The molecule has 5 nitrogen and oxygen atoms in total. The van der Waals surface area contributed by atoms with Crippen molar-refractivity contribution in [3.63, 3.8) is 0 Å². The molecule has 2 aromatic carbocycles. The molecule has 3 aromatic rings. The molecule has 0 radical (unpaired) electrons. The topological polar surface area (TPSA) is 48.5 Å². The van der Waals surface area contributed by atoms with Gasteiger partial charge in [-0.05, 0) is 44.7 Å². The molecule has 0 bridgehead atoms. The van der Waals surface area contributed by atoms with E-state index in [1.165, 1.54) is 16.8 Å². The van der Waals surface area contributed by atoms with Gasteiger partial charge in [-0.2, -0.15) is 0 Å². The lowest BCUT2D eigenvalue weighted by molar-refractivity contribution is -0.115. The fourth-order valence-electron chi connectivity index (χ4n) is 3.72. The first-order valence-electron chi connectivity index (χ1n) is 10.3. The van der Waals surface area contributed by atoms with Crippen molar-refractivity contribution in [2.45, 2.75) is 20.3 Å². The third-order valence-corrected chi connectivity index (χ3v) is 6.46. The lowest BCUT2D eigenvalue weighted by Gasteiger charge is -2.35. The third kappa shape index (κ3) is 4.89. The van der Waals surface area contributed by atoms with Crippen LogP contribution in [0.25, 0.3) is 10.6 Å². The minimum absolute atomic E-state index is 0.0393. The summed E-state index contributed by atoms with van der Waals surface area (Å²) in [4.78, 5) is 22.0. The van der Waals surface area contributed by atoms with Crippen LogP contribution in [0.3, 0.4) is 0 Å². The van der Waals surface area contributed by atoms with Gasteiger partial charge < -0.3 is 15.1 Å². The highest BCUT2D eigenvalue weighted by atomic mass is 32.1. The van der Waals surface area contributed by atoms with Gasteiger partial charge in [0, 0.05) is 48.5 Å². The van der Waals surface area contributed by atoms with Gasteiger partial charge in [0.2, 0.25) is 5.91 Å². The average molecular weight is 421 g/mol. The highest BCUT2D eigenvalue weighted by molar-refractivity contribution is 7.13. The van der Waals surface area contributed by atoms with Crippen molar-refractivity contribution in [3.05, 3.63) is 64.7 Å². The molecular formula is C24H28N4OS. The second-order valence-electron chi connectivity index (χ2n) is 8.03. The number of nitrogens with one attached hydrogen (secondary N) is 1. The van der Waals surface area contributed by atoms with E-state index in [9.17, 15) is 4.79 Å². The quantitative estimate of drug-likeness (QED) is 0.666. The normalized spacial score (nSPS) is 14.7. The van der Waals surface area contributed by atoms with Crippen LogP contribution in [0.4, 0.5) is 11.4 Å². The fourth-order valence-corrected chi connectivity index (χ4v) is 4.55. The molecule has 1 N–H and O–H groups in total. The first-order chi connectivity index (χ1) is 14.5. The molecule has 156 valence electrons. The minimum Gasteiger partial charge on any atom is -0.369 e. The van der Waals surface area contributed by atoms with Gasteiger partial charge in [0.25, 0.3) is 0 Å². The van der Waals surface area contributed by atoms with E-state index in [-0.39, 0.29) is 12.3 Å². The van der Waals surface area contributed by atoms with Crippen molar-refractivity contribution >= 4 is 28.6 Å². The zero-order valence-corrected chi connectivity index (χ0v) is 18.6. The largest absolute Gasteiger partial charge is 0.369 e. The van der Waals surface area contributed by atoms with Gasteiger partial charge >= 0.3 is 0 Å². The number of anilines is 2. The maximum absolute atomic E-state index is 12.5. The van der Waals surface area contributed by atoms with Crippen molar-refractivity contribution in [1.29, 1.82) is 0 Å². The minimum atomic E-state index is -0.0393. The molecule has 0 saturated carbocycles. The maximum atomic E-state index is 12.5. The number of thiazole rings is 1. The Morgan fingerprint density at radius 2 is 1.80 bits per heavy atom. The molecule has 0 unspecified atom stereocenters. The molecule has 0 atom stereocenters. The van der Waals surface area contributed by atoms with Crippen LogP contribution in [0.1, 0.15) is 16.8 Å². The molecule has 4 rings (SSSR count). The lowest BCUT2D eigenvalue weighted by atomic mass is 10.1. The number of nitrogens with zero attached hydrogens (tertiary/aromatic N) is 3. The molecule has 1 aromatic heterocycles. The van der Waals surface area contributed by atoms with Gasteiger partial charge in [-0.25, -0.2) is 4.98 Å². The second-order valence-corrected chi connectivity index (χ2v) is 8.88. The van der Waals surface area contributed by atoms with Crippen molar-refractivity contribution in [2.75, 3.05) is 43.4 Å². The molecule has 0 spiro atoms. The summed E-state index contributed by atoms with van der Waals surface area (Å²) in [5.74, 6) is -0.0393. The van der Waals surface area contributed by atoms with E-state index in [2.05, 4.69) is 77.4 Å². The highest BCUT2D eigenvalue weighted by Gasteiger charge is 2.16. The molecule has 6 heteroatoms. The Morgan fingerprint density at radius 1 is 1.07 bits per heavy atom. The summed E-state index contributed by atoms with van der Waals surface area (Å²) in [6.45, 7) is 8.41. The van der Waals surface area contributed by atoms with Crippen LogP contribution in [-0.4, -0.2) is 49.0 Å². The summed E-state index contributed by atoms with van der Waals surface area (Å²) in [6, 6.07) is 14.5. The molecule has 2 heterocycles. The summed E-state index contributed by atoms with van der Waals surface area (Å²) in [5.41, 5.74) is 6.40. The zero-order valence-electron chi connectivity index (χ0n) is 17.8. The summed E-state index contributed by atoms with van der Waals surface area (Å²) in [5, 5.41) is 5.94. The van der Waals surface area contributed by atoms with Crippen LogP contribution in [0, 0.1) is 13.8 Å². The molecule has 1 aliphatic rings. The Hall–Kier alpha value is -2.70. The van der Waals surface area contributed by atoms with E-state index >= 15 is 0 Å². The molecule has 30 heavy (non-hydrogen) atoms. The molecule has 1 amide bonds. The summed E-state index contributed by atoms with van der Waals surface area (Å²) in [6.07, 6.45) is 0.279. The number of carbonyl (C=O) groups excluding carboxylic acids is 1. The highest BCUT2D eigenvalue weighted by Crippen LogP contribution is 2.26. The van der Waals surface area contributed by atoms with Gasteiger partial charge in [-0.15, -0.1) is 11.3 Å². The Bertz CT molecular complexity index is 1020. The van der Waals surface area contributed by atoms with Crippen LogP contribution in [-0.2, 0) is 11.2 Å². The Labute approximate surface area is 182 Å². The van der Waals surface area contributed by atoms with E-state index in [1.54, 1.807) is 11.3 Å². The zero-order chi connectivity index (χ0) is 21.1. The number of likely N-dealkylation sites (N-methyl/N-ethyl adjacent to an activating group) is 1. The van der Waals surface area contributed by atoms with E-state index in [4.69, 9.17) is 0 Å². The third-order valence-electron chi connectivity index (χ3n) is 5.52. The standard InChI is InChI=1S/C24H28N4OS/c1-17-4-6-19(7-5-17)24-26-21(16-30-24)15-23(29)25-20-8-9-22(18(2)14-20)28-12-10-27(3)11-13-28/h4-9,14,16H,10-13,15H2,1-3H3,(H,25,29). The number of aromatic nitrogens is 1. The number of benzene rings is 2. The first-order valence-corrected chi connectivity index (χ1v) is 11.2. The predicted molar refractivity (Wildman–Crippen MR) is 126 cm³/mol. The van der Waals surface area contributed by atoms with Crippen molar-refractivity contribution in [3.8, 4) is 10.6 Å². The number of aryl methyl sites for hydroxylation is 2. The predicted octanol–water partition coefficient (Wildman–Crippen LogP) is 4.36. The molecular weight excluding hydrogens is 392 g/mol. The van der Waals surface area contributed by atoms with Crippen LogP contribution in [0.5, 0.6) is 0 Å². The monoisotopic (exact) mass is 420 g/mol. The summed E-state index contributed by atoms with van der Waals surface area (Å²) in [7, 11) is 2.16. The molecule has 1 aliphatic heterocycles. The Balaban J connectivity index is 1.37. The number of hydrogen-bond donors (Lipinski definition) is 1. The summed E-state index contributed by atoms with van der Waals surface area (Å²) >= 11 is 1.58. The Morgan fingerprint density at radius 3 is 2.50 bits per heavy atom. The van der Waals surface area contributed by atoms with E-state index in [0.29, 0.717) is 0 Å². The summed E-state index contributed by atoms with van der Waals surface area (Å²) < 4.78 is 0. The lowest BCUT2D eigenvalue weighted by Crippen LogP contribution is -2.44. The number of carbonyl (C=O) groups is 1. The van der Waals surface area contributed by atoms with Crippen LogP contribution in [0.2, 0.25) is 0 Å². The van der Waals surface area contributed by atoms with Gasteiger partial charge in [0.05, 0.1) is 12.1 Å². The molecule has 1 fully saturated rings. The number of rotatable bonds is 5. The van der Waals surface area contributed by atoms with E-state index in [0.717, 1.165) is 48.1 Å². The van der Waals surface area contributed by atoms with Gasteiger partial charge in [0.15, 0.2) is 0 Å². The number of amides is 1. The number of piperazine rings is 1. The van der Waals surface area contributed by atoms with Gasteiger partial charge in [-0.3, -0.25) is 4.79 Å². The number of hydrogen-bond acceptors (Lipinski definition) is 5. The van der Waals surface area contributed by atoms with Gasteiger partial charge in [-0.1, -0.05) is 29.8 Å². The average Bonchev–Trinajstić information content (AvgIpc) is 3.18. The van der Waals surface area contributed by atoms with E-state index in [1.807, 2.05) is 11.4 Å². The second kappa shape index (κ2) is 8.98.